The number of aryl methyl sites for hydroxylation is 1. The second-order valence-corrected chi connectivity index (χ2v) is 6.26. The van der Waals surface area contributed by atoms with Crippen molar-refractivity contribution in [3.8, 4) is 0 Å². The van der Waals surface area contributed by atoms with Crippen molar-refractivity contribution in [1.29, 1.82) is 0 Å². The van der Waals surface area contributed by atoms with E-state index in [0.717, 1.165) is 12.8 Å². The van der Waals surface area contributed by atoms with Crippen LogP contribution in [-0.2, 0) is 16.5 Å². The lowest BCUT2D eigenvalue weighted by Crippen LogP contribution is -2.04. The van der Waals surface area contributed by atoms with Gasteiger partial charge in [-0.1, -0.05) is 51.3 Å². The maximum absolute atomic E-state index is 11.2. The molecule has 18 heavy (non-hydrogen) atoms. The van der Waals surface area contributed by atoms with Crippen LogP contribution in [-0.4, -0.2) is 13.0 Å². The van der Waals surface area contributed by atoms with Gasteiger partial charge in [-0.05, 0) is 30.4 Å². The van der Waals surface area contributed by atoms with Crippen LogP contribution >= 0.6 is 0 Å². The van der Waals surface area contributed by atoms with Crippen LogP contribution in [0.1, 0.15) is 45.1 Å². The highest BCUT2D eigenvalue weighted by molar-refractivity contribution is 7.85. The topological polar surface area (TPSA) is 54.4 Å². The molecule has 0 aliphatic heterocycles. The summed E-state index contributed by atoms with van der Waals surface area (Å²) < 4.78 is 31.6. The Balaban J connectivity index is 2.63. The van der Waals surface area contributed by atoms with Crippen LogP contribution in [0.15, 0.2) is 29.2 Å². The molecule has 1 rings (SSSR count). The van der Waals surface area contributed by atoms with E-state index >= 15 is 0 Å². The molecule has 0 bridgehead atoms. The largest absolute Gasteiger partial charge is 0.294 e. The van der Waals surface area contributed by atoms with Crippen LogP contribution in [0.2, 0.25) is 0 Å². The van der Waals surface area contributed by atoms with Gasteiger partial charge in [0, 0.05) is 0 Å². The van der Waals surface area contributed by atoms with Crippen molar-refractivity contribution < 1.29 is 13.0 Å². The van der Waals surface area contributed by atoms with Gasteiger partial charge in [-0.25, -0.2) is 0 Å². The van der Waals surface area contributed by atoms with E-state index in [-0.39, 0.29) is 4.90 Å². The first-order valence-electron chi connectivity index (χ1n) is 6.50. The maximum atomic E-state index is 11.2. The standard InChI is InChI=1S/C14H22O3S/c1-3-7-12(2)8-6-10-13-9-4-5-11-14(13)18(15,16)17/h4-5,9,11-12H,3,6-8,10H2,1-2H3,(H,15,16,17). The van der Waals surface area contributed by atoms with E-state index in [4.69, 9.17) is 4.55 Å². The average molecular weight is 270 g/mol. The molecular formula is C14H22O3S. The van der Waals surface area contributed by atoms with Crippen molar-refractivity contribution in [2.75, 3.05) is 0 Å². The highest BCUT2D eigenvalue weighted by Gasteiger charge is 2.14. The van der Waals surface area contributed by atoms with Gasteiger partial charge in [0.2, 0.25) is 0 Å². The zero-order valence-corrected chi connectivity index (χ0v) is 11.9. The molecule has 1 N–H and O–H groups in total. The number of rotatable bonds is 7. The van der Waals surface area contributed by atoms with E-state index in [1.54, 1.807) is 18.2 Å². The van der Waals surface area contributed by atoms with Gasteiger partial charge in [0.1, 0.15) is 0 Å². The molecule has 0 radical (unpaired) electrons. The third kappa shape index (κ3) is 4.78. The molecule has 1 aromatic carbocycles. The van der Waals surface area contributed by atoms with Crippen molar-refractivity contribution >= 4 is 10.1 Å². The van der Waals surface area contributed by atoms with Crippen molar-refractivity contribution in [2.45, 2.75) is 50.8 Å². The monoisotopic (exact) mass is 270 g/mol. The first-order chi connectivity index (χ1) is 8.45. The molecule has 102 valence electrons. The lowest BCUT2D eigenvalue weighted by Gasteiger charge is -2.10. The van der Waals surface area contributed by atoms with Gasteiger partial charge in [-0.15, -0.1) is 0 Å². The van der Waals surface area contributed by atoms with Crippen LogP contribution in [0.5, 0.6) is 0 Å². The first kappa shape index (κ1) is 15.2. The smallest absolute Gasteiger partial charge is 0.282 e. The minimum Gasteiger partial charge on any atom is -0.282 e. The molecule has 0 saturated heterocycles. The van der Waals surface area contributed by atoms with E-state index < -0.39 is 10.1 Å². The molecule has 0 amide bonds. The molecule has 0 fully saturated rings. The fourth-order valence-corrected chi connectivity index (χ4v) is 2.99. The van der Waals surface area contributed by atoms with Crippen molar-refractivity contribution in [2.24, 2.45) is 5.92 Å². The molecule has 1 unspecified atom stereocenters. The first-order valence-corrected chi connectivity index (χ1v) is 7.94. The van der Waals surface area contributed by atoms with Crippen molar-refractivity contribution in [1.82, 2.24) is 0 Å². The molecular weight excluding hydrogens is 248 g/mol. The Morgan fingerprint density at radius 3 is 2.50 bits per heavy atom. The summed E-state index contributed by atoms with van der Waals surface area (Å²) in [6, 6.07) is 6.67. The molecule has 1 aromatic rings. The highest BCUT2D eigenvalue weighted by Crippen LogP contribution is 2.19. The maximum Gasteiger partial charge on any atom is 0.294 e. The van der Waals surface area contributed by atoms with Gasteiger partial charge in [-0.3, -0.25) is 4.55 Å². The van der Waals surface area contributed by atoms with E-state index in [9.17, 15) is 8.42 Å². The van der Waals surface area contributed by atoms with E-state index in [1.165, 1.54) is 18.9 Å². The summed E-state index contributed by atoms with van der Waals surface area (Å²) in [5.74, 6) is 0.674. The Morgan fingerprint density at radius 1 is 1.22 bits per heavy atom. The van der Waals surface area contributed by atoms with Gasteiger partial charge >= 0.3 is 0 Å². The van der Waals surface area contributed by atoms with Crippen LogP contribution in [0, 0.1) is 5.92 Å². The van der Waals surface area contributed by atoms with E-state index in [1.807, 2.05) is 0 Å². The molecule has 0 aliphatic carbocycles. The fraction of sp³-hybridized carbons (Fsp3) is 0.571. The summed E-state index contributed by atoms with van der Waals surface area (Å²) in [6.45, 7) is 4.39. The summed E-state index contributed by atoms with van der Waals surface area (Å²) >= 11 is 0. The molecule has 4 heteroatoms. The third-order valence-electron chi connectivity index (χ3n) is 3.18. The third-order valence-corrected chi connectivity index (χ3v) is 4.13. The quantitative estimate of drug-likeness (QED) is 0.769. The Kier molecular flexibility index (Phi) is 5.82. The second kappa shape index (κ2) is 6.90. The van der Waals surface area contributed by atoms with Crippen LogP contribution in [0.25, 0.3) is 0 Å². The lowest BCUT2D eigenvalue weighted by atomic mass is 9.97. The number of benzene rings is 1. The van der Waals surface area contributed by atoms with Gasteiger partial charge in [-0.2, -0.15) is 8.42 Å². The minimum absolute atomic E-state index is 0.0492. The van der Waals surface area contributed by atoms with Gasteiger partial charge < -0.3 is 0 Å². The highest BCUT2D eigenvalue weighted by atomic mass is 32.2. The van der Waals surface area contributed by atoms with Gasteiger partial charge in [0.05, 0.1) is 4.90 Å². The lowest BCUT2D eigenvalue weighted by molar-refractivity contribution is 0.466. The number of hydrogen-bond donors (Lipinski definition) is 1. The predicted octanol–water partition coefficient (Wildman–Crippen LogP) is 3.69. The number of hydrogen-bond acceptors (Lipinski definition) is 2. The summed E-state index contributed by atoms with van der Waals surface area (Å²) in [6.07, 6.45) is 5.13. The van der Waals surface area contributed by atoms with Gasteiger partial charge in [0.15, 0.2) is 0 Å². The summed E-state index contributed by atoms with van der Waals surface area (Å²) in [5, 5.41) is 0. The van der Waals surface area contributed by atoms with Crippen molar-refractivity contribution in [3.63, 3.8) is 0 Å². The molecule has 3 nitrogen and oxygen atoms in total. The molecule has 1 atom stereocenters. The Morgan fingerprint density at radius 2 is 1.89 bits per heavy atom. The fourth-order valence-electron chi connectivity index (χ4n) is 2.24. The predicted molar refractivity (Wildman–Crippen MR) is 73.3 cm³/mol. The summed E-state index contributed by atoms with van der Waals surface area (Å²) in [5.41, 5.74) is 0.712. The summed E-state index contributed by atoms with van der Waals surface area (Å²) in [4.78, 5) is 0.0492. The van der Waals surface area contributed by atoms with Crippen LogP contribution in [0.4, 0.5) is 0 Å². The zero-order valence-electron chi connectivity index (χ0n) is 11.1. The second-order valence-electron chi connectivity index (χ2n) is 4.87. The van der Waals surface area contributed by atoms with Crippen LogP contribution < -0.4 is 0 Å². The Hall–Kier alpha value is -0.870. The molecule has 0 saturated carbocycles. The SMILES string of the molecule is CCCC(C)CCCc1ccccc1S(=O)(=O)O. The Labute approximate surface area is 110 Å². The minimum atomic E-state index is -4.09. The van der Waals surface area contributed by atoms with E-state index in [2.05, 4.69) is 13.8 Å². The van der Waals surface area contributed by atoms with Gasteiger partial charge in [0.25, 0.3) is 10.1 Å². The van der Waals surface area contributed by atoms with Crippen molar-refractivity contribution in [3.05, 3.63) is 29.8 Å². The normalized spacial score (nSPS) is 13.5. The summed E-state index contributed by atoms with van der Waals surface area (Å²) in [7, 11) is -4.09. The van der Waals surface area contributed by atoms with E-state index in [0.29, 0.717) is 17.9 Å². The Bertz CT molecular complexity index is 466. The molecule has 0 aliphatic rings. The average Bonchev–Trinajstić information content (AvgIpc) is 2.28. The molecule has 0 aromatic heterocycles. The molecule has 0 spiro atoms. The zero-order chi connectivity index (χ0) is 13.6. The molecule has 0 heterocycles. The van der Waals surface area contributed by atoms with Crippen LogP contribution in [0.3, 0.4) is 0 Å².